The molecule has 1 atom stereocenters. The summed E-state index contributed by atoms with van der Waals surface area (Å²) < 4.78 is 5.41. The fourth-order valence-corrected chi connectivity index (χ4v) is 2.50. The highest BCUT2D eigenvalue weighted by Gasteiger charge is 2.19. The van der Waals surface area contributed by atoms with E-state index >= 15 is 0 Å². The number of hydrogen-bond acceptors (Lipinski definition) is 4. The van der Waals surface area contributed by atoms with Gasteiger partial charge in [-0.2, -0.15) is 4.98 Å². The molecule has 1 aromatic heterocycles. The molecule has 0 bridgehead atoms. The van der Waals surface area contributed by atoms with Gasteiger partial charge in [0, 0.05) is 6.42 Å². The maximum absolute atomic E-state index is 5.41. The Bertz CT molecular complexity index is 501. The fraction of sp³-hybridized carbons (Fsp3) is 0.467. The molecule has 1 saturated heterocycles. The predicted molar refractivity (Wildman–Crippen MR) is 72.8 cm³/mol. The molecule has 3 rings (SSSR count). The molecule has 2 aromatic rings. The normalized spacial score (nSPS) is 20.1. The lowest BCUT2D eigenvalue weighted by atomic mass is 10.1. The van der Waals surface area contributed by atoms with Crippen molar-refractivity contribution in [2.24, 2.45) is 0 Å². The van der Waals surface area contributed by atoms with E-state index in [9.17, 15) is 0 Å². The quantitative estimate of drug-likeness (QED) is 0.918. The number of nitrogens with one attached hydrogen (secondary N) is 1. The zero-order valence-corrected chi connectivity index (χ0v) is 11.0. The van der Waals surface area contributed by atoms with Gasteiger partial charge in [0.1, 0.15) is 0 Å². The van der Waals surface area contributed by atoms with Crippen LogP contribution in [0.5, 0.6) is 0 Å². The van der Waals surface area contributed by atoms with Crippen LogP contribution in [-0.2, 0) is 6.42 Å². The predicted octanol–water partition coefficient (Wildman–Crippen LogP) is 2.87. The first-order chi connectivity index (χ1) is 9.42. The Morgan fingerprint density at radius 3 is 2.95 bits per heavy atom. The molecule has 4 heteroatoms. The monoisotopic (exact) mass is 257 g/mol. The van der Waals surface area contributed by atoms with Crippen molar-refractivity contribution >= 4 is 0 Å². The SMILES string of the molecule is c1ccc(Cc2noc(C3CCCCCN3)n2)cc1. The third-order valence-corrected chi connectivity index (χ3v) is 3.55. The molecule has 0 radical (unpaired) electrons. The second kappa shape index (κ2) is 5.97. The Morgan fingerprint density at radius 1 is 1.16 bits per heavy atom. The van der Waals surface area contributed by atoms with Crippen molar-refractivity contribution in [2.75, 3.05) is 6.54 Å². The molecule has 1 fully saturated rings. The zero-order chi connectivity index (χ0) is 12.9. The van der Waals surface area contributed by atoms with Crippen LogP contribution in [0.2, 0.25) is 0 Å². The van der Waals surface area contributed by atoms with Crippen LogP contribution in [0.25, 0.3) is 0 Å². The number of aromatic nitrogens is 2. The minimum atomic E-state index is 0.236. The van der Waals surface area contributed by atoms with Gasteiger partial charge in [0.15, 0.2) is 5.82 Å². The summed E-state index contributed by atoms with van der Waals surface area (Å²) in [4.78, 5) is 4.53. The number of rotatable bonds is 3. The molecule has 0 spiro atoms. The van der Waals surface area contributed by atoms with Gasteiger partial charge < -0.3 is 9.84 Å². The largest absolute Gasteiger partial charge is 0.338 e. The van der Waals surface area contributed by atoms with Crippen molar-refractivity contribution in [1.29, 1.82) is 0 Å². The van der Waals surface area contributed by atoms with Crippen LogP contribution in [-0.4, -0.2) is 16.7 Å². The van der Waals surface area contributed by atoms with E-state index in [1.807, 2.05) is 18.2 Å². The first kappa shape index (κ1) is 12.4. The summed E-state index contributed by atoms with van der Waals surface area (Å²) in [6.07, 6.45) is 5.58. The van der Waals surface area contributed by atoms with Gasteiger partial charge in [0.2, 0.25) is 5.89 Å². The van der Waals surface area contributed by atoms with Crippen LogP contribution in [0.3, 0.4) is 0 Å². The lowest BCUT2D eigenvalue weighted by Gasteiger charge is -2.09. The van der Waals surface area contributed by atoms with Gasteiger partial charge in [-0.1, -0.05) is 48.3 Å². The highest BCUT2D eigenvalue weighted by molar-refractivity contribution is 5.18. The summed E-state index contributed by atoms with van der Waals surface area (Å²) >= 11 is 0. The first-order valence-corrected chi connectivity index (χ1v) is 7.01. The van der Waals surface area contributed by atoms with Gasteiger partial charge in [-0.25, -0.2) is 0 Å². The van der Waals surface area contributed by atoms with Gasteiger partial charge in [-0.05, 0) is 24.9 Å². The van der Waals surface area contributed by atoms with E-state index in [1.165, 1.54) is 24.8 Å². The molecule has 0 saturated carbocycles. The highest BCUT2D eigenvalue weighted by atomic mass is 16.5. The topological polar surface area (TPSA) is 51.0 Å². The standard InChI is InChI=1S/C15H19N3O/c1-3-7-12(8-4-1)11-14-17-15(19-18-14)13-9-5-2-6-10-16-13/h1,3-4,7-8,13,16H,2,5-6,9-11H2. The number of benzene rings is 1. The summed E-state index contributed by atoms with van der Waals surface area (Å²) in [5.74, 6) is 1.51. The van der Waals surface area contributed by atoms with Crippen LogP contribution in [0.15, 0.2) is 34.9 Å². The molecule has 0 amide bonds. The highest BCUT2D eigenvalue weighted by Crippen LogP contribution is 2.21. The number of hydrogen-bond donors (Lipinski definition) is 1. The molecule has 4 nitrogen and oxygen atoms in total. The molecule has 100 valence electrons. The maximum atomic E-state index is 5.41. The molecule has 1 aliphatic heterocycles. The molecule has 1 aromatic carbocycles. The Balaban J connectivity index is 1.68. The van der Waals surface area contributed by atoms with Gasteiger partial charge >= 0.3 is 0 Å². The van der Waals surface area contributed by atoms with Crippen LogP contribution in [0.4, 0.5) is 0 Å². The van der Waals surface area contributed by atoms with E-state index in [0.717, 1.165) is 31.1 Å². The van der Waals surface area contributed by atoms with Crippen LogP contribution in [0, 0.1) is 0 Å². The van der Waals surface area contributed by atoms with Gasteiger partial charge in [-0.3, -0.25) is 0 Å². The molecular formula is C15H19N3O. The van der Waals surface area contributed by atoms with E-state index < -0.39 is 0 Å². The lowest BCUT2D eigenvalue weighted by Crippen LogP contribution is -2.20. The Morgan fingerprint density at radius 2 is 2.05 bits per heavy atom. The minimum Gasteiger partial charge on any atom is -0.338 e. The van der Waals surface area contributed by atoms with E-state index in [0.29, 0.717) is 0 Å². The molecule has 2 heterocycles. The lowest BCUT2D eigenvalue weighted by molar-refractivity contribution is 0.325. The van der Waals surface area contributed by atoms with Gasteiger partial charge in [-0.15, -0.1) is 0 Å². The molecule has 0 aliphatic carbocycles. The molecular weight excluding hydrogens is 238 g/mol. The Labute approximate surface area is 113 Å². The Kier molecular flexibility index (Phi) is 3.89. The van der Waals surface area contributed by atoms with E-state index in [1.54, 1.807) is 0 Å². The van der Waals surface area contributed by atoms with Crippen LogP contribution < -0.4 is 5.32 Å². The van der Waals surface area contributed by atoms with Crippen molar-refractivity contribution in [3.8, 4) is 0 Å². The third kappa shape index (κ3) is 3.20. The maximum Gasteiger partial charge on any atom is 0.243 e. The smallest absolute Gasteiger partial charge is 0.243 e. The van der Waals surface area contributed by atoms with Crippen molar-refractivity contribution in [2.45, 2.75) is 38.1 Å². The molecule has 19 heavy (non-hydrogen) atoms. The van der Waals surface area contributed by atoms with Crippen molar-refractivity contribution in [3.63, 3.8) is 0 Å². The zero-order valence-electron chi connectivity index (χ0n) is 11.0. The second-order valence-electron chi connectivity index (χ2n) is 5.07. The summed E-state index contributed by atoms with van der Waals surface area (Å²) in [7, 11) is 0. The van der Waals surface area contributed by atoms with Crippen molar-refractivity contribution in [1.82, 2.24) is 15.5 Å². The molecule has 1 aliphatic rings. The average molecular weight is 257 g/mol. The first-order valence-electron chi connectivity index (χ1n) is 7.01. The molecule has 1 unspecified atom stereocenters. The summed E-state index contributed by atoms with van der Waals surface area (Å²) in [6.45, 7) is 1.04. The van der Waals surface area contributed by atoms with Crippen molar-refractivity contribution < 1.29 is 4.52 Å². The summed E-state index contributed by atoms with van der Waals surface area (Å²) in [5.41, 5.74) is 1.21. The second-order valence-corrected chi connectivity index (χ2v) is 5.07. The average Bonchev–Trinajstić information content (AvgIpc) is 2.74. The summed E-state index contributed by atoms with van der Waals surface area (Å²) in [5, 5.41) is 7.57. The van der Waals surface area contributed by atoms with Crippen LogP contribution in [0.1, 0.15) is 49.0 Å². The van der Waals surface area contributed by atoms with Crippen molar-refractivity contribution in [3.05, 3.63) is 47.6 Å². The summed E-state index contributed by atoms with van der Waals surface area (Å²) in [6, 6.07) is 10.5. The van der Waals surface area contributed by atoms with Crippen LogP contribution >= 0.6 is 0 Å². The van der Waals surface area contributed by atoms with Gasteiger partial charge in [0.25, 0.3) is 0 Å². The minimum absolute atomic E-state index is 0.236. The third-order valence-electron chi connectivity index (χ3n) is 3.55. The van der Waals surface area contributed by atoms with E-state index in [-0.39, 0.29) is 6.04 Å². The van der Waals surface area contributed by atoms with E-state index in [4.69, 9.17) is 4.52 Å². The van der Waals surface area contributed by atoms with Gasteiger partial charge in [0.05, 0.1) is 6.04 Å². The van der Waals surface area contributed by atoms with E-state index in [2.05, 4.69) is 27.6 Å². The number of nitrogens with zero attached hydrogens (tertiary/aromatic N) is 2. The Hall–Kier alpha value is -1.68. The fourth-order valence-electron chi connectivity index (χ4n) is 2.50. The molecule has 1 N–H and O–H groups in total.